The Morgan fingerprint density at radius 2 is 2.28 bits per heavy atom. The minimum atomic E-state index is -0.344. The number of carbonyl (C=O) groups is 1. The predicted octanol–water partition coefficient (Wildman–Crippen LogP) is 2.80. The van der Waals surface area contributed by atoms with E-state index in [0.29, 0.717) is 5.02 Å². The van der Waals surface area contributed by atoms with Crippen molar-refractivity contribution in [3.05, 3.63) is 41.0 Å². The van der Waals surface area contributed by atoms with Crippen molar-refractivity contribution in [3.63, 3.8) is 0 Å². The Hall–Kier alpha value is -2.05. The maximum absolute atomic E-state index is 11.0. The molecule has 0 spiro atoms. The molecule has 1 aromatic carbocycles. The van der Waals surface area contributed by atoms with E-state index >= 15 is 0 Å². The van der Waals surface area contributed by atoms with Crippen LogP contribution in [0.1, 0.15) is 12.0 Å². The maximum Gasteiger partial charge on any atom is 0.317 e. The number of hydrogen-bond acceptors (Lipinski definition) is 3. The van der Waals surface area contributed by atoms with Gasteiger partial charge >= 0.3 is 5.97 Å². The van der Waals surface area contributed by atoms with E-state index in [9.17, 15) is 4.79 Å². The van der Waals surface area contributed by atoms with Crippen LogP contribution >= 0.6 is 11.6 Å². The van der Waals surface area contributed by atoms with Crippen molar-refractivity contribution in [2.75, 3.05) is 7.11 Å². The van der Waals surface area contributed by atoms with Gasteiger partial charge < -0.3 is 4.74 Å². The number of benzene rings is 1. The lowest BCUT2D eigenvalue weighted by Gasteiger charge is -1.99. The summed E-state index contributed by atoms with van der Waals surface area (Å²) in [4.78, 5) is 15.2. The van der Waals surface area contributed by atoms with Crippen LogP contribution in [0.4, 0.5) is 0 Å². The van der Waals surface area contributed by atoms with E-state index in [-0.39, 0.29) is 12.4 Å². The van der Waals surface area contributed by atoms with Crippen molar-refractivity contribution in [2.45, 2.75) is 6.42 Å². The Bertz CT molecular complexity index is 656. The minimum Gasteiger partial charge on any atom is -0.468 e. The van der Waals surface area contributed by atoms with E-state index in [1.165, 1.54) is 7.11 Å². The Kier molecular flexibility index (Phi) is 3.81. The number of nitrogens with zero attached hydrogens (tertiary/aromatic N) is 1. The summed E-state index contributed by atoms with van der Waals surface area (Å²) >= 11 is 5.90. The second-order valence-corrected chi connectivity index (χ2v) is 4.01. The van der Waals surface area contributed by atoms with Crippen LogP contribution in [-0.4, -0.2) is 18.1 Å². The highest BCUT2D eigenvalue weighted by Crippen LogP contribution is 2.20. The predicted molar refractivity (Wildman–Crippen MR) is 70.3 cm³/mol. The monoisotopic (exact) mass is 259 g/mol. The number of rotatable bonds is 1. The third kappa shape index (κ3) is 2.79. The summed E-state index contributed by atoms with van der Waals surface area (Å²) in [6.07, 6.45) is 1.74. The number of halogens is 1. The first-order valence-electron chi connectivity index (χ1n) is 5.30. The molecule has 2 aromatic rings. The largest absolute Gasteiger partial charge is 0.468 e. The average molecular weight is 260 g/mol. The van der Waals surface area contributed by atoms with Gasteiger partial charge in [0.2, 0.25) is 0 Å². The van der Waals surface area contributed by atoms with Crippen LogP contribution in [-0.2, 0) is 9.53 Å². The van der Waals surface area contributed by atoms with Gasteiger partial charge in [-0.2, -0.15) is 0 Å². The fraction of sp³-hybridized carbons (Fsp3) is 0.143. The molecule has 0 N–H and O–H groups in total. The molecule has 0 saturated heterocycles. The van der Waals surface area contributed by atoms with Crippen LogP contribution in [0.25, 0.3) is 10.9 Å². The molecule has 90 valence electrons. The number of aromatic nitrogens is 1. The zero-order chi connectivity index (χ0) is 13.0. The maximum atomic E-state index is 11.0. The molecule has 18 heavy (non-hydrogen) atoms. The molecule has 2 rings (SSSR count). The first-order valence-corrected chi connectivity index (χ1v) is 5.68. The second-order valence-electron chi connectivity index (χ2n) is 3.57. The highest BCUT2D eigenvalue weighted by Gasteiger charge is 2.00. The van der Waals surface area contributed by atoms with Crippen molar-refractivity contribution < 1.29 is 9.53 Å². The Balaban J connectivity index is 2.36. The molecule has 0 fully saturated rings. The topological polar surface area (TPSA) is 39.2 Å². The number of esters is 1. The van der Waals surface area contributed by atoms with Crippen molar-refractivity contribution in [1.82, 2.24) is 4.98 Å². The fourth-order valence-corrected chi connectivity index (χ4v) is 1.68. The van der Waals surface area contributed by atoms with Gasteiger partial charge in [-0.15, -0.1) is 0 Å². The quantitative estimate of drug-likeness (QED) is 0.584. The molecule has 0 aliphatic carbocycles. The van der Waals surface area contributed by atoms with Crippen LogP contribution in [0.5, 0.6) is 0 Å². The molecule has 4 heteroatoms. The lowest BCUT2D eigenvalue weighted by molar-refractivity contribution is -0.139. The highest BCUT2D eigenvalue weighted by molar-refractivity contribution is 6.31. The third-order valence-electron chi connectivity index (χ3n) is 2.39. The summed E-state index contributed by atoms with van der Waals surface area (Å²) < 4.78 is 4.52. The van der Waals surface area contributed by atoms with Crippen LogP contribution in [0.15, 0.2) is 30.5 Å². The number of methoxy groups -OCH3 is 1. The smallest absolute Gasteiger partial charge is 0.317 e. The van der Waals surface area contributed by atoms with Gasteiger partial charge in [-0.05, 0) is 18.2 Å². The summed E-state index contributed by atoms with van der Waals surface area (Å²) in [6, 6.07) is 7.24. The zero-order valence-electron chi connectivity index (χ0n) is 9.74. The molecule has 0 radical (unpaired) electrons. The van der Waals surface area contributed by atoms with E-state index in [1.807, 2.05) is 6.07 Å². The average Bonchev–Trinajstić information content (AvgIpc) is 2.38. The number of pyridine rings is 1. The summed E-state index contributed by atoms with van der Waals surface area (Å²) in [5.41, 5.74) is 1.60. The standard InChI is InChI=1S/C14H10ClNO2/c1-18-14(17)4-2-3-10-7-8-16-13-9-11(15)5-6-12(10)13/h5-9H,4H2,1H3. The molecular weight excluding hydrogens is 250 g/mol. The van der Waals surface area contributed by atoms with Gasteiger partial charge in [0, 0.05) is 22.2 Å². The van der Waals surface area contributed by atoms with E-state index < -0.39 is 0 Å². The molecule has 0 bridgehead atoms. The molecule has 0 aliphatic heterocycles. The van der Waals surface area contributed by atoms with Gasteiger partial charge in [0.05, 0.1) is 12.6 Å². The van der Waals surface area contributed by atoms with Crippen LogP contribution in [0.2, 0.25) is 5.02 Å². The Morgan fingerprint density at radius 1 is 1.44 bits per heavy atom. The van der Waals surface area contributed by atoms with Crippen LogP contribution < -0.4 is 0 Å². The molecule has 0 aliphatic rings. The molecule has 0 atom stereocenters. The Morgan fingerprint density at radius 3 is 3.06 bits per heavy atom. The lowest BCUT2D eigenvalue weighted by Crippen LogP contribution is -1.97. The van der Waals surface area contributed by atoms with Gasteiger partial charge in [0.15, 0.2) is 0 Å². The number of fused-ring (bicyclic) bond motifs is 1. The molecule has 1 aromatic heterocycles. The molecular formula is C14H10ClNO2. The summed E-state index contributed by atoms with van der Waals surface area (Å²) in [5, 5.41) is 1.55. The number of carbonyl (C=O) groups excluding carboxylic acids is 1. The Labute approximate surface area is 110 Å². The van der Waals surface area contributed by atoms with E-state index in [2.05, 4.69) is 21.6 Å². The molecule has 3 nitrogen and oxygen atoms in total. The fourth-order valence-electron chi connectivity index (χ4n) is 1.51. The second kappa shape index (κ2) is 5.52. The number of ether oxygens (including phenoxy) is 1. The van der Waals surface area contributed by atoms with Crippen molar-refractivity contribution >= 4 is 28.5 Å². The van der Waals surface area contributed by atoms with Crippen LogP contribution in [0.3, 0.4) is 0 Å². The zero-order valence-corrected chi connectivity index (χ0v) is 10.5. The van der Waals surface area contributed by atoms with E-state index in [1.54, 1.807) is 24.4 Å². The van der Waals surface area contributed by atoms with Crippen molar-refractivity contribution in [3.8, 4) is 11.8 Å². The van der Waals surface area contributed by atoms with Gasteiger partial charge in [0.1, 0.15) is 6.42 Å². The SMILES string of the molecule is COC(=O)CC#Cc1ccnc2cc(Cl)ccc12. The first kappa shape index (κ1) is 12.4. The van der Waals surface area contributed by atoms with E-state index in [4.69, 9.17) is 11.6 Å². The molecule has 0 unspecified atom stereocenters. The summed E-state index contributed by atoms with van der Waals surface area (Å²) in [5.74, 6) is 5.37. The van der Waals surface area contributed by atoms with Gasteiger partial charge in [-0.25, -0.2) is 0 Å². The van der Waals surface area contributed by atoms with E-state index in [0.717, 1.165) is 16.5 Å². The molecule has 0 amide bonds. The highest BCUT2D eigenvalue weighted by atomic mass is 35.5. The van der Waals surface area contributed by atoms with Crippen molar-refractivity contribution in [2.24, 2.45) is 0 Å². The summed E-state index contributed by atoms with van der Waals surface area (Å²) in [6.45, 7) is 0. The first-order chi connectivity index (χ1) is 8.70. The van der Waals surface area contributed by atoms with Crippen molar-refractivity contribution in [1.29, 1.82) is 0 Å². The van der Waals surface area contributed by atoms with Gasteiger partial charge in [0.25, 0.3) is 0 Å². The minimum absolute atomic E-state index is 0.0773. The van der Waals surface area contributed by atoms with Gasteiger partial charge in [-0.3, -0.25) is 9.78 Å². The summed E-state index contributed by atoms with van der Waals surface area (Å²) in [7, 11) is 1.34. The number of hydrogen-bond donors (Lipinski definition) is 0. The third-order valence-corrected chi connectivity index (χ3v) is 2.62. The normalized spacial score (nSPS) is 9.67. The lowest BCUT2D eigenvalue weighted by atomic mass is 10.1. The van der Waals surface area contributed by atoms with Gasteiger partial charge in [-0.1, -0.05) is 29.5 Å². The molecule has 0 saturated carbocycles. The van der Waals surface area contributed by atoms with Crippen LogP contribution in [0, 0.1) is 11.8 Å². The molecule has 1 heterocycles.